The largest absolute Gasteiger partial charge is 0.398 e. The Bertz CT molecular complexity index is 431. The molecule has 0 saturated carbocycles. The number of carbonyl (C=O) groups excluding carboxylic acids is 1. The highest BCUT2D eigenvalue weighted by Crippen LogP contribution is 2.30. The zero-order valence-corrected chi connectivity index (χ0v) is 11.1. The van der Waals surface area contributed by atoms with Gasteiger partial charge in [-0.2, -0.15) is 11.8 Å². The number of nitrogens with zero attached hydrogens (tertiary/aromatic N) is 1. The zero-order chi connectivity index (χ0) is 12.5. The fourth-order valence-electron chi connectivity index (χ4n) is 2.05. The van der Waals surface area contributed by atoms with Crippen molar-refractivity contribution in [3.05, 3.63) is 29.8 Å². The van der Waals surface area contributed by atoms with Crippen LogP contribution < -0.4 is 5.73 Å². The SMILES string of the molecule is CC1(C)CN(C(=O)c2ccccc2N)CCS1. The summed E-state index contributed by atoms with van der Waals surface area (Å²) in [7, 11) is 0. The second-order valence-electron chi connectivity index (χ2n) is 4.92. The molecular weight excluding hydrogens is 232 g/mol. The molecule has 0 bridgehead atoms. The van der Waals surface area contributed by atoms with E-state index in [9.17, 15) is 4.79 Å². The van der Waals surface area contributed by atoms with Crippen molar-refractivity contribution < 1.29 is 4.79 Å². The van der Waals surface area contributed by atoms with Crippen LogP contribution in [0, 0.1) is 0 Å². The van der Waals surface area contributed by atoms with Gasteiger partial charge in [-0.05, 0) is 26.0 Å². The van der Waals surface area contributed by atoms with Crippen LogP contribution >= 0.6 is 11.8 Å². The minimum Gasteiger partial charge on any atom is -0.398 e. The number of anilines is 1. The van der Waals surface area contributed by atoms with Gasteiger partial charge in [0.2, 0.25) is 0 Å². The summed E-state index contributed by atoms with van der Waals surface area (Å²) < 4.78 is 0.136. The van der Waals surface area contributed by atoms with Gasteiger partial charge in [-0.15, -0.1) is 0 Å². The number of benzene rings is 1. The summed E-state index contributed by atoms with van der Waals surface area (Å²) in [6, 6.07) is 7.28. The molecule has 0 radical (unpaired) electrons. The summed E-state index contributed by atoms with van der Waals surface area (Å²) in [6.07, 6.45) is 0. The third kappa shape index (κ3) is 2.75. The molecule has 92 valence electrons. The fraction of sp³-hybridized carbons (Fsp3) is 0.462. The van der Waals surface area contributed by atoms with E-state index in [1.54, 1.807) is 12.1 Å². The molecule has 1 heterocycles. The third-order valence-corrected chi connectivity index (χ3v) is 4.20. The van der Waals surface area contributed by atoms with Gasteiger partial charge >= 0.3 is 0 Å². The average Bonchev–Trinajstić information content (AvgIpc) is 2.27. The lowest BCUT2D eigenvalue weighted by Crippen LogP contribution is -2.46. The standard InChI is InChI=1S/C13H18N2OS/c1-13(2)9-15(7-8-17-13)12(16)10-5-3-4-6-11(10)14/h3-6H,7-9,14H2,1-2H3. The second-order valence-corrected chi connectivity index (χ2v) is 6.72. The van der Waals surface area contributed by atoms with E-state index >= 15 is 0 Å². The first-order chi connectivity index (χ1) is 7.99. The van der Waals surface area contributed by atoms with E-state index in [0.29, 0.717) is 11.3 Å². The molecule has 1 aliphatic rings. The number of carbonyl (C=O) groups is 1. The van der Waals surface area contributed by atoms with E-state index in [2.05, 4.69) is 13.8 Å². The Morgan fingerprint density at radius 1 is 1.41 bits per heavy atom. The summed E-state index contributed by atoms with van der Waals surface area (Å²) in [4.78, 5) is 14.2. The van der Waals surface area contributed by atoms with E-state index in [4.69, 9.17) is 5.73 Å². The highest BCUT2D eigenvalue weighted by atomic mass is 32.2. The Labute approximate surface area is 106 Å². The van der Waals surface area contributed by atoms with Crippen LogP contribution in [0.3, 0.4) is 0 Å². The summed E-state index contributed by atoms with van der Waals surface area (Å²) >= 11 is 1.92. The van der Waals surface area contributed by atoms with Crippen LogP contribution in [0.1, 0.15) is 24.2 Å². The summed E-state index contributed by atoms with van der Waals surface area (Å²) in [5.41, 5.74) is 7.03. The van der Waals surface area contributed by atoms with Crippen molar-refractivity contribution in [1.29, 1.82) is 0 Å². The van der Waals surface area contributed by atoms with Crippen molar-refractivity contribution >= 4 is 23.4 Å². The summed E-state index contributed by atoms with van der Waals surface area (Å²) in [5, 5.41) is 0. The van der Waals surface area contributed by atoms with E-state index in [0.717, 1.165) is 18.8 Å². The Kier molecular flexibility index (Phi) is 3.33. The molecule has 1 fully saturated rings. The van der Waals surface area contributed by atoms with Gasteiger partial charge in [0.25, 0.3) is 5.91 Å². The van der Waals surface area contributed by atoms with Crippen molar-refractivity contribution in [3.8, 4) is 0 Å². The first kappa shape index (κ1) is 12.3. The minimum absolute atomic E-state index is 0.0523. The molecule has 0 aliphatic carbocycles. The van der Waals surface area contributed by atoms with Gasteiger partial charge in [0.15, 0.2) is 0 Å². The molecule has 0 spiro atoms. The molecule has 0 aromatic heterocycles. The first-order valence-corrected chi connectivity index (χ1v) is 6.76. The van der Waals surface area contributed by atoms with E-state index < -0.39 is 0 Å². The van der Waals surface area contributed by atoms with Crippen LogP contribution in [0.2, 0.25) is 0 Å². The van der Waals surface area contributed by atoms with Gasteiger partial charge in [0.05, 0.1) is 5.56 Å². The van der Waals surface area contributed by atoms with Crippen molar-refractivity contribution in [2.24, 2.45) is 0 Å². The molecule has 1 aromatic rings. The number of para-hydroxylation sites is 1. The lowest BCUT2D eigenvalue weighted by atomic mass is 10.1. The number of hydrogen-bond donors (Lipinski definition) is 1. The highest BCUT2D eigenvalue weighted by molar-refractivity contribution is 8.00. The Hall–Kier alpha value is -1.16. The van der Waals surface area contributed by atoms with Crippen molar-refractivity contribution in [2.45, 2.75) is 18.6 Å². The molecular formula is C13H18N2OS. The van der Waals surface area contributed by atoms with Crippen molar-refractivity contribution in [3.63, 3.8) is 0 Å². The zero-order valence-electron chi connectivity index (χ0n) is 10.3. The number of nitrogen functional groups attached to an aromatic ring is 1. The maximum absolute atomic E-state index is 12.3. The normalized spacial score (nSPS) is 19.1. The van der Waals surface area contributed by atoms with E-state index in [1.807, 2.05) is 28.8 Å². The van der Waals surface area contributed by atoms with E-state index in [-0.39, 0.29) is 10.7 Å². The highest BCUT2D eigenvalue weighted by Gasteiger charge is 2.30. The van der Waals surface area contributed by atoms with Crippen molar-refractivity contribution in [2.75, 3.05) is 24.6 Å². The van der Waals surface area contributed by atoms with Crippen LogP contribution in [-0.4, -0.2) is 34.4 Å². The Morgan fingerprint density at radius 3 is 2.76 bits per heavy atom. The third-order valence-electron chi connectivity index (χ3n) is 2.90. The van der Waals surface area contributed by atoms with Gasteiger partial charge < -0.3 is 10.6 Å². The Morgan fingerprint density at radius 2 is 2.12 bits per heavy atom. The molecule has 2 rings (SSSR count). The van der Waals surface area contributed by atoms with Crippen LogP contribution in [0.25, 0.3) is 0 Å². The molecule has 17 heavy (non-hydrogen) atoms. The summed E-state index contributed by atoms with van der Waals surface area (Å²) in [5.74, 6) is 1.04. The maximum Gasteiger partial charge on any atom is 0.256 e. The molecule has 0 unspecified atom stereocenters. The first-order valence-electron chi connectivity index (χ1n) is 5.77. The average molecular weight is 250 g/mol. The van der Waals surface area contributed by atoms with Gasteiger partial charge in [0.1, 0.15) is 0 Å². The molecule has 1 aliphatic heterocycles. The van der Waals surface area contributed by atoms with Gasteiger partial charge in [0, 0.05) is 29.3 Å². The smallest absolute Gasteiger partial charge is 0.256 e. The maximum atomic E-state index is 12.3. The van der Waals surface area contributed by atoms with E-state index in [1.165, 1.54) is 0 Å². The molecule has 1 amide bonds. The van der Waals surface area contributed by atoms with Crippen LogP contribution in [0.5, 0.6) is 0 Å². The molecule has 3 nitrogen and oxygen atoms in total. The topological polar surface area (TPSA) is 46.3 Å². The second kappa shape index (κ2) is 4.61. The van der Waals surface area contributed by atoms with Gasteiger partial charge in [-0.25, -0.2) is 0 Å². The lowest BCUT2D eigenvalue weighted by molar-refractivity contribution is 0.0749. The molecule has 2 N–H and O–H groups in total. The number of rotatable bonds is 1. The van der Waals surface area contributed by atoms with Crippen molar-refractivity contribution in [1.82, 2.24) is 4.90 Å². The van der Waals surface area contributed by atoms with Crippen LogP contribution in [-0.2, 0) is 0 Å². The lowest BCUT2D eigenvalue weighted by Gasteiger charge is -2.37. The van der Waals surface area contributed by atoms with Gasteiger partial charge in [-0.3, -0.25) is 4.79 Å². The number of hydrogen-bond acceptors (Lipinski definition) is 3. The predicted octanol–water partition coefficient (Wildman–Crippen LogP) is 2.24. The molecule has 1 aromatic carbocycles. The number of thioether (sulfide) groups is 1. The Balaban J connectivity index is 2.18. The van der Waals surface area contributed by atoms with Crippen LogP contribution in [0.15, 0.2) is 24.3 Å². The molecule has 4 heteroatoms. The molecule has 0 atom stereocenters. The number of amides is 1. The predicted molar refractivity (Wildman–Crippen MR) is 73.3 cm³/mol. The molecule has 1 saturated heterocycles. The van der Waals surface area contributed by atoms with Gasteiger partial charge in [-0.1, -0.05) is 12.1 Å². The fourth-order valence-corrected chi connectivity index (χ4v) is 3.16. The van der Waals surface area contributed by atoms with Crippen LogP contribution in [0.4, 0.5) is 5.69 Å². The number of nitrogens with two attached hydrogens (primary N) is 1. The quantitative estimate of drug-likeness (QED) is 0.778. The monoisotopic (exact) mass is 250 g/mol. The summed E-state index contributed by atoms with van der Waals surface area (Å²) in [6.45, 7) is 5.93. The minimum atomic E-state index is 0.0523.